The third-order valence-electron chi connectivity index (χ3n) is 3.63. The largest absolute Gasteiger partial charge is 0.491 e. The van der Waals surface area contributed by atoms with E-state index in [2.05, 4.69) is 21.0 Å². The topological polar surface area (TPSA) is 47.4 Å². The summed E-state index contributed by atoms with van der Waals surface area (Å²) in [6, 6.07) is 7.37. The number of para-hydroxylation sites is 1. The van der Waals surface area contributed by atoms with Crippen molar-refractivity contribution in [3.8, 4) is 5.75 Å². The summed E-state index contributed by atoms with van der Waals surface area (Å²) in [5, 5.41) is 4.37. The minimum atomic E-state index is -0.00569. The van der Waals surface area contributed by atoms with E-state index in [1.54, 1.807) is 11.0 Å². The van der Waals surface area contributed by atoms with E-state index in [0.29, 0.717) is 31.0 Å². The molecule has 1 aliphatic heterocycles. The monoisotopic (exact) mass is 349 g/mol. The van der Waals surface area contributed by atoms with Crippen LogP contribution < -0.4 is 4.74 Å². The van der Waals surface area contributed by atoms with Crippen molar-refractivity contribution in [1.29, 1.82) is 0 Å². The van der Waals surface area contributed by atoms with Gasteiger partial charge in [0.2, 0.25) is 0 Å². The molecule has 0 fully saturated rings. The van der Waals surface area contributed by atoms with Gasteiger partial charge in [-0.25, -0.2) is 0 Å². The molecule has 110 valence electrons. The van der Waals surface area contributed by atoms with Crippen molar-refractivity contribution in [2.45, 2.75) is 13.5 Å². The quantitative estimate of drug-likeness (QED) is 0.836. The van der Waals surface area contributed by atoms with Crippen molar-refractivity contribution in [2.75, 3.05) is 13.2 Å². The summed E-state index contributed by atoms with van der Waals surface area (Å²) in [6.45, 7) is 3.51. The van der Waals surface area contributed by atoms with Crippen LogP contribution in [0.4, 0.5) is 0 Å². The Kier molecular flexibility index (Phi) is 3.71. The Labute approximate surface area is 131 Å². The molecule has 0 bridgehead atoms. The van der Waals surface area contributed by atoms with E-state index >= 15 is 0 Å². The molecule has 1 amide bonds. The number of ether oxygens (including phenoxy) is 1. The molecular formula is C15H16BrN3O2. The molecule has 3 rings (SSSR count). The molecule has 0 saturated carbocycles. The number of halogens is 1. The van der Waals surface area contributed by atoms with Gasteiger partial charge in [-0.2, -0.15) is 5.10 Å². The van der Waals surface area contributed by atoms with Gasteiger partial charge in [0.25, 0.3) is 5.91 Å². The van der Waals surface area contributed by atoms with E-state index in [9.17, 15) is 4.79 Å². The van der Waals surface area contributed by atoms with Crippen LogP contribution in [0.15, 0.2) is 28.7 Å². The third kappa shape index (κ3) is 2.55. The van der Waals surface area contributed by atoms with Crippen LogP contribution in [0.5, 0.6) is 5.75 Å². The molecule has 0 spiro atoms. The highest BCUT2D eigenvalue weighted by Crippen LogP contribution is 2.26. The van der Waals surface area contributed by atoms with E-state index < -0.39 is 0 Å². The van der Waals surface area contributed by atoms with Gasteiger partial charge in [0.05, 0.1) is 34.5 Å². The summed E-state index contributed by atoms with van der Waals surface area (Å²) in [5.41, 5.74) is 2.52. The van der Waals surface area contributed by atoms with Gasteiger partial charge in [-0.1, -0.05) is 12.1 Å². The number of rotatable bonds is 2. The van der Waals surface area contributed by atoms with Crippen LogP contribution >= 0.6 is 15.9 Å². The molecule has 1 aromatic heterocycles. The standard InChI is InChI=1S/C15H16BrN3O2/c1-10-14(16)12(18(2)17-10)9-19-7-8-21-13-6-4-3-5-11(13)15(19)20/h3-6H,7-9H2,1-2H3. The first-order chi connectivity index (χ1) is 10.1. The lowest BCUT2D eigenvalue weighted by atomic mass is 10.1. The molecule has 0 saturated heterocycles. The predicted octanol–water partition coefficient (Wildman–Crippen LogP) is 2.53. The number of carbonyl (C=O) groups excluding carboxylic acids is 1. The molecule has 1 aromatic carbocycles. The van der Waals surface area contributed by atoms with E-state index in [1.165, 1.54) is 0 Å². The summed E-state index contributed by atoms with van der Waals surface area (Å²) in [7, 11) is 1.89. The Morgan fingerprint density at radius 3 is 2.86 bits per heavy atom. The highest BCUT2D eigenvalue weighted by Gasteiger charge is 2.25. The van der Waals surface area contributed by atoms with E-state index in [1.807, 2.05) is 36.9 Å². The Hall–Kier alpha value is -1.82. The maximum Gasteiger partial charge on any atom is 0.258 e. The summed E-state index contributed by atoms with van der Waals surface area (Å²) in [4.78, 5) is 14.5. The summed E-state index contributed by atoms with van der Waals surface area (Å²) in [5.74, 6) is 0.652. The number of aromatic nitrogens is 2. The number of nitrogens with zero attached hydrogens (tertiary/aromatic N) is 3. The van der Waals surface area contributed by atoms with Gasteiger partial charge < -0.3 is 9.64 Å². The number of amides is 1. The predicted molar refractivity (Wildman–Crippen MR) is 82.3 cm³/mol. The van der Waals surface area contributed by atoms with Crippen LogP contribution in [0, 0.1) is 6.92 Å². The SMILES string of the molecule is Cc1nn(C)c(CN2CCOc3ccccc3C2=O)c1Br. The van der Waals surface area contributed by atoms with Crippen molar-refractivity contribution in [3.05, 3.63) is 45.7 Å². The van der Waals surface area contributed by atoms with Gasteiger partial charge in [0.15, 0.2) is 0 Å². The fourth-order valence-corrected chi connectivity index (χ4v) is 2.95. The fraction of sp³-hybridized carbons (Fsp3) is 0.333. The normalized spacial score (nSPS) is 14.6. The molecule has 1 aliphatic rings. The second-order valence-corrected chi connectivity index (χ2v) is 5.83. The van der Waals surface area contributed by atoms with Crippen LogP contribution in [0.3, 0.4) is 0 Å². The highest BCUT2D eigenvalue weighted by atomic mass is 79.9. The zero-order chi connectivity index (χ0) is 15.0. The number of aryl methyl sites for hydroxylation is 2. The zero-order valence-corrected chi connectivity index (χ0v) is 13.6. The minimum Gasteiger partial charge on any atom is -0.491 e. The minimum absolute atomic E-state index is 0.00569. The molecule has 5 nitrogen and oxygen atoms in total. The molecule has 2 heterocycles. The van der Waals surface area contributed by atoms with Gasteiger partial charge in [-0.05, 0) is 35.0 Å². The molecule has 2 aromatic rings. The second-order valence-electron chi connectivity index (χ2n) is 5.04. The van der Waals surface area contributed by atoms with Gasteiger partial charge in [-0.3, -0.25) is 9.48 Å². The molecule has 21 heavy (non-hydrogen) atoms. The highest BCUT2D eigenvalue weighted by molar-refractivity contribution is 9.10. The average molecular weight is 350 g/mol. The summed E-state index contributed by atoms with van der Waals surface area (Å²) < 4.78 is 8.42. The van der Waals surface area contributed by atoms with Gasteiger partial charge >= 0.3 is 0 Å². The Bertz CT molecular complexity index is 696. The Morgan fingerprint density at radius 2 is 2.14 bits per heavy atom. The van der Waals surface area contributed by atoms with Crippen molar-refractivity contribution < 1.29 is 9.53 Å². The summed E-state index contributed by atoms with van der Waals surface area (Å²) in [6.07, 6.45) is 0. The molecule has 0 N–H and O–H groups in total. The van der Waals surface area contributed by atoms with Gasteiger partial charge in [0, 0.05) is 7.05 Å². The van der Waals surface area contributed by atoms with E-state index in [4.69, 9.17) is 4.74 Å². The number of benzene rings is 1. The molecule has 0 radical (unpaired) electrons. The second kappa shape index (κ2) is 5.52. The van der Waals surface area contributed by atoms with Crippen LogP contribution in [-0.2, 0) is 13.6 Å². The number of carbonyl (C=O) groups is 1. The third-order valence-corrected chi connectivity index (χ3v) is 4.66. The van der Waals surface area contributed by atoms with Crippen molar-refractivity contribution in [2.24, 2.45) is 7.05 Å². The number of hydrogen-bond donors (Lipinski definition) is 0. The van der Waals surface area contributed by atoms with Gasteiger partial charge in [-0.15, -0.1) is 0 Å². The molecule has 6 heteroatoms. The number of fused-ring (bicyclic) bond motifs is 1. The maximum absolute atomic E-state index is 12.7. The smallest absolute Gasteiger partial charge is 0.258 e. The molecular weight excluding hydrogens is 334 g/mol. The first-order valence-electron chi connectivity index (χ1n) is 6.77. The van der Waals surface area contributed by atoms with E-state index in [-0.39, 0.29) is 5.91 Å². The molecule has 0 atom stereocenters. The van der Waals surface area contributed by atoms with Crippen molar-refractivity contribution in [3.63, 3.8) is 0 Å². The van der Waals surface area contributed by atoms with Crippen molar-refractivity contribution >= 4 is 21.8 Å². The van der Waals surface area contributed by atoms with Crippen LogP contribution in [-0.4, -0.2) is 33.7 Å². The lowest BCUT2D eigenvalue weighted by Crippen LogP contribution is -2.32. The lowest BCUT2D eigenvalue weighted by Gasteiger charge is -2.20. The lowest BCUT2D eigenvalue weighted by molar-refractivity contribution is 0.0738. The van der Waals surface area contributed by atoms with Crippen molar-refractivity contribution in [1.82, 2.24) is 14.7 Å². The average Bonchev–Trinajstić information content (AvgIpc) is 2.63. The maximum atomic E-state index is 12.7. The molecule has 0 unspecified atom stereocenters. The summed E-state index contributed by atoms with van der Waals surface area (Å²) >= 11 is 3.55. The Morgan fingerprint density at radius 1 is 1.38 bits per heavy atom. The number of hydrogen-bond acceptors (Lipinski definition) is 3. The van der Waals surface area contributed by atoms with Crippen LogP contribution in [0.1, 0.15) is 21.7 Å². The Balaban J connectivity index is 1.91. The first kappa shape index (κ1) is 14.1. The zero-order valence-electron chi connectivity index (χ0n) is 12.0. The van der Waals surface area contributed by atoms with E-state index in [0.717, 1.165) is 15.9 Å². The molecule has 0 aliphatic carbocycles. The van der Waals surface area contributed by atoms with Crippen LogP contribution in [0.25, 0.3) is 0 Å². The fourth-order valence-electron chi connectivity index (χ4n) is 2.49. The van der Waals surface area contributed by atoms with Gasteiger partial charge in [0.1, 0.15) is 12.4 Å². The first-order valence-corrected chi connectivity index (χ1v) is 7.56. The van der Waals surface area contributed by atoms with Crippen LogP contribution in [0.2, 0.25) is 0 Å².